The van der Waals surface area contributed by atoms with Gasteiger partial charge in [-0.1, -0.05) is 25.1 Å². The maximum atomic E-state index is 5.47. The molecule has 0 amide bonds. The molecule has 30 heavy (non-hydrogen) atoms. The van der Waals surface area contributed by atoms with E-state index < -0.39 is 0 Å². The summed E-state index contributed by atoms with van der Waals surface area (Å²) >= 11 is 1.86. The summed E-state index contributed by atoms with van der Waals surface area (Å²) in [4.78, 5) is 8.85. The Labute approximate surface area is 201 Å². The number of aryl methyl sites for hydroxylation is 2. The Morgan fingerprint density at radius 3 is 2.67 bits per heavy atom. The van der Waals surface area contributed by atoms with Gasteiger partial charge < -0.3 is 15.2 Å². The topological polar surface area (TPSA) is 65.7 Å². The second kappa shape index (κ2) is 13.3. The van der Waals surface area contributed by atoms with Crippen molar-refractivity contribution in [2.75, 3.05) is 26.2 Å². The SMILES string of the molecule is CCNC(=NCc1c(CC)noc1CC)NCC1CCN(Cc2cccs2)CC1.I. The monoisotopic (exact) mass is 545 g/mol. The number of likely N-dealkylation sites (tertiary alicyclic amines) is 1. The lowest BCUT2D eigenvalue weighted by molar-refractivity contribution is 0.179. The van der Waals surface area contributed by atoms with Crippen molar-refractivity contribution >= 4 is 41.3 Å². The number of hydrogen-bond acceptors (Lipinski definition) is 5. The molecule has 0 aromatic carbocycles. The van der Waals surface area contributed by atoms with E-state index in [0.29, 0.717) is 12.5 Å². The summed E-state index contributed by atoms with van der Waals surface area (Å²) in [6, 6.07) is 4.38. The number of piperidine rings is 1. The smallest absolute Gasteiger partial charge is 0.191 e. The fraction of sp³-hybridized carbons (Fsp3) is 0.636. The lowest BCUT2D eigenvalue weighted by atomic mass is 9.97. The van der Waals surface area contributed by atoms with Crippen molar-refractivity contribution < 1.29 is 4.52 Å². The molecule has 3 heterocycles. The number of rotatable bonds is 9. The molecule has 2 aromatic rings. The molecule has 0 aliphatic carbocycles. The molecule has 2 N–H and O–H groups in total. The maximum absolute atomic E-state index is 5.47. The summed E-state index contributed by atoms with van der Waals surface area (Å²) in [7, 11) is 0. The van der Waals surface area contributed by atoms with Gasteiger partial charge in [0.15, 0.2) is 5.96 Å². The third-order valence-corrected chi connectivity index (χ3v) is 6.43. The van der Waals surface area contributed by atoms with Crippen LogP contribution in [0.1, 0.15) is 55.5 Å². The van der Waals surface area contributed by atoms with E-state index >= 15 is 0 Å². The van der Waals surface area contributed by atoms with Crippen LogP contribution >= 0.6 is 35.3 Å². The molecule has 0 unspecified atom stereocenters. The molecule has 1 fully saturated rings. The predicted octanol–water partition coefficient (Wildman–Crippen LogP) is 4.45. The van der Waals surface area contributed by atoms with Gasteiger partial charge in [0.1, 0.15) is 5.76 Å². The van der Waals surface area contributed by atoms with E-state index in [2.05, 4.69) is 59.0 Å². The summed E-state index contributed by atoms with van der Waals surface area (Å²) in [5.41, 5.74) is 2.17. The van der Waals surface area contributed by atoms with Crippen molar-refractivity contribution in [2.24, 2.45) is 10.9 Å². The maximum Gasteiger partial charge on any atom is 0.191 e. The summed E-state index contributed by atoms with van der Waals surface area (Å²) in [5, 5.41) is 13.3. The quantitative estimate of drug-likeness (QED) is 0.277. The summed E-state index contributed by atoms with van der Waals surface area (Å²) < 4.78 is 5.47. The Kier molecular flexibility index (Phi) is 11.2. The molecular formula is C22H36IN5OS. The Hall–Kier alpha value is -1.13. The highest BCUT2D eigenvalue weighted by molar-refractivity contribution is 14.0. The van der Waals surface area contributed by atoms with E-state index in [1.165, 1.54) is 30.8 Å². The van der Waals surface area contributed by atoms with Crippen LogP contribution in [0, 0.1) is 5.92 Å². The molecule has 0 radical (unpaired) electrons. The van der Waals surface area contributed by atoms with Gasteiger partial charge in [0.05, 0.1) is 12.2 Å². The second-order valence-electron chi connectivity index (χ2n) is 7.61. The van der Waals surface area contributed by atoms with Crippen LogP contribution in [0.25, 0.3) is 0 Å². The minimum atomic E-state index is 0. The van der Waals surface area contributed by atoms with Crippen LogP contribution < -0.4 is 10.6 Å². The number of hydrogen-bond donors (Lipinski definition) is 2. The highest BCUT2D eigenvalue weighted by atomic mass is 127. The van der Waals surface area contributed by atoms with E-state index in [4.69, 9.17) is 9.52 Å². The van der Waals surface area contributed by atoms with Crippen molar-refractivity contribution in [3.63, 3.8) is 0 Å². The van der Waals surface area contributed by atoms with Crippen molar-refractivity contribution in [3.8, 4) is 0 Å². The van der Waals surface area contributed by atoms with Crippen LogP contribution in [0.15, 0.2) is 27.0 Å². The number of aromatic nitrogens is 1. The third-order valence-electron chi connectivity index (χ3n) is 5.57. The molecule has 0 saturated carbocycles. The zero-order valence-electron chi connectivity index (χ0n) is 18.4. The Morgan fingerprint density at radius 1 is 1.23 bits per heavy atom. The summed E-state index contributed by atoms with van der Waals surface area (Å²) in [6.45, 7) is 12.2. The van der Waals surface area contributed by atoms with Gasteiger partial charge in [0.2, 0.25) is 0 Å². The Bertz CT molecular complexity index is 732. The van der Waals surface area contributed by atoms with Gasteiger partial charge in [-0.05, 0) is 56.6 Å². The minimum absolute atomic E-state index is 0. The lowest BCUT2D eigenvalue weighted by Crippen LogP contribution is -2.42. The van der Waals surface area contributed by atoms with Crippen LogP contribution in [0.3, 0.4) is 0 Å². The summed E-state index contributed by atoms with van der Waals surface area (Å²) in [5.74, 6) is 2.55. The molecule has 8 heteroatoms. The summed E-state index contributed by atoms with van der Waals surface area (Å²) in [6.07, 6.45) is 4.21. The van der Waals surface area contributed by atoms with Gasteiger partial charge in [-0.2, -0.15) is 0 Å². The largest absolute Gasteiger partial charge is 0.361 e. The minimum Gasteiger partial charge on any atom is -0.361 e. The molecular weight excluding hydrogens is 509 g/mol. The molecule has 0 atom stereocenters. The highest BCUT2D eigenvalue weighted by Crippen LogP contribution is 2.20. The average Bonchev–Trinajstić information content (AvgIpc) is 3.40. The molecule has 0 spiro atoms. The zero-order valence-corrected chi connectivity index (χ0v) is 21.6. The molecule has 1 saturated heterocycles. The van der Waals surface area contributed by atoms with Crippen LogP contribution in [0.4, 0.5) is 0 Å². The number of nitrogens with one attached hydrogen (secondary N) is 2. The fourth-order valence-electron chi connectivity index (χ4n) is 3.83. The molecule has 1 aliphatic heterocycles. The van der Waals surface area contributed by atoms with Gasteiger partial charge in [-0.3, -0.25) is 4.90 Å². The molecule has 6 nitrogen and oxygen atoms in total. The van der Waals surface area contributed by atoms with Crippen molar-refractivity contribution in [1.29, 1.82) is 0 Å². The van der Waals surface area contributed by atoms with Crippen LogP contribution in [-0.4, -0.2) is 42.2 Å². The standard InChI is InChI=1S/C22H35N5OS.HI/c1-4-20-19(21(5-2)28-26-20)15-25-22(23-6-3)24-14-17-9-11-27(12-10-17)16-18-8-7-13-29-18;/h7-8,13,17H,4-6,9-12,14-16H2,1-3H3,(H2,23,24,25);1H. The Morgan fingerprint density at radius 2 is 2.03 bits per heavy atom. The number of guanidine groups is 1. The van der Waals surface area contributed by atoms with Crippen LogP contribution in [0.5, 0.6) is 0 Å². The first-order valence-electron chi connectivity index (χ1n) is 11.0. The fourth-order valence-corrected chi connectivity index (χ4v) is 4.58. The second-order valence-corrected chi connectivity index (χ2v) is 8.65. The zero-order chi connectivity index (χ0) is 20.5. The average molecular weight is 546 g/mol. The number of thiophene rings is 1. The van der Waals surface area contributed by atoms with E-state index in [9.17, 15) is 0 Å². The first-order valence-corrected chi connectivity index (χ1v) is 11.8. The van der Waals surface area contributed by atoms with Gasteiger partial charge in [-0.25, -0.2) is 4.99 Å². The van der Waals surface area contributed by atoms with Gasteiger partial charge >= 0.3 is 0 Å². The van der Waals surface area contributed by atoms with Crippen LogP contribution in [0.2, 0.25) is 0 Å². The third kappa shape index (κ3) is 7.23. The number of halogens is 1. The number of nitrogens with zero attached hydrogens (tertiary/aromatic N) is 3. The van der Waals surface area contributed by atoms with E-state index in [-0.39, 0.29) is 24.0 Å². The van der Waals surface area contributed by atoms with Crippen molar-refractivity contribution in [2.45, 2.75) is 59.5 Å². The van der Waals surface area contributed by atoms with Gasteiger partial charge in [-0.15, -0.1) is 35.3 Å². The number of aliphatic imine (C=N–C) groups is 1. The molecule has 3 rings (SSSR count). The Balaban J connectivity index is 0.00000320. The lowest BCUT2D eigenvalue weighted by Gasteiger charge is -2.32. The first-order chi connectivity index (χ1) is 14.2. The van der Waals surface area contributed by atoms with E-state index in [0.717, 1.165) is 55.5 Å². The molecule has 1 aliphatic rings. The molecule has 2 aromatic heterocycles. The van der Waals surface area contributed by atoms with Gasteiger partial charge in [0, 0.05) is 36.5 Å². The van der Waals surface area contributed by atoms with Gasteiger partial charge in [0.25, 0.3) is 0 Å². The van der Waals surface area contributed by atoms with Crippen LogP contribution in [-0.2, 0) is 25.9 Å². The van der Waals surface area contributed by atoms with Crippen molar-refractivity contribution in [3.05, 3.63) is 39.4 Å². The first kappa shape index (κ1) is 25.1. The normalized spacial score (nSPS) is 15.8. The molecule has 0 bridgehead atoms. The predicted molar refractivity (Wildman–Crippen MR) is 136 cm³/mol. The van der Waals surface area contributed by atoms with E-state index in [1.54, 1.807) is 0 Å². The molecule has 168 valence electrons. The van der Waals surface area contributed by atoms with Crippen molar-refractivity contribution in [1.82, 2.24) is 20.7 Å². The highest BCUT2D eigenvalue weighted by Gasteiger charge is 2.20. The van der Waals surface area contributed by atoms with E-state index in [1.807, 2.05) is 11.3 Å².